The molecule has 0 unspecified atom stereocenters. The third-order valence-corrected chi connectivity index (χ3v) is 2.26. The smallest absolute Gasteiger partial charge is 0.320 e. The summed E-state index contributed by atoms with van der Waals surface area (Å²) in [5.41, 5.74) is 1.62. The van der Waals surface area contributed by atoms with Crippen molar-refractivity contribution in [3.63, 3.8) is 0 Å². The van der Waals surface area contributed by atoms with Crippen molar-refractivity contribution in [1.82, 2.24) is 5.32 Å². The number of amides is 1. The normalized spacial score (nSPS) is 11.1. The summed E-state index contributed by atoms with van der Waals surface area (Å²) in [5, 5.41) is 6.40. The number of hydrogen-bond acceptors (Lipinski definition) is 3. The first-order valence-corrected chi connectivity index (χ1v) is 5.79. The van der Waals surface area contributed by atoms with Crippen LogP contribution in [0.1, 0.15) is 32.3 Å². The van der Waals surface area contributed by atoms with Gasteiger partial charge in [0.2, 0.25) is 0 Å². The number of nitrogens with zero attached hydrogens (tertiary/aromatic N) is 1. The minimum atomic E-state index is -0.506. The molecule has 1 amide bonds. The van der Waals surface area contributed by atoms with E-state index in [9.17, 15) is 4.79 Å². The monoisotopic (exact) mass is 234 g/mol. The zero-order valence-electron chi connectivity index (χ0n) is 10.3. The third-order valence-electron chi connectivity index (χ3n) is 2.26. The Labute approximate surface area is 102 Å². The largest absolute Gasteiger partial charge is 0.433 e. The summed E-state index contributed by atoms with van der Waals surface area (Å²) in [4.78, 5) is 16.0. The summed E-state index contributed by atoms with van der Waals surface area (Å²) in [7, 11) is 0. The zero-order chi connectivity index (χ0) is 12.5. The average molecular weight is 234 g/mol. The number of rotatable bonds is 5. The quantitative estimate of drug-likeness (QED) is 0.368. The van der Waals surface area contributed by atoms with E-state index in [-0.39, 0.29) is 0 Å². The number of benzene rings is 1. The van der Waals surface area contributed by atoms with Crippen LogP contribution in [0.4, 0.5) is 4.79 Å². The molecule has 0 atom stereocenters. The van der Waals surface area contributed by atoms with Crippen LogP contribution in [0.5, 0.6) is 0 Å². The van der Waals surface area contributed by atoms with Gasteiger partial charge in [-0.05, 0) is 18.9 Å². The molecular formula is C13H18N2O2. The average Bonchev–Trinajstić information content (AvgIpc) is 2.37. The molecule has 1 N–H and O–H groups in total. The fourth-order valence-electron chi connectivity index (χ4n) is 1.24. The Morgan fingerprint density at radius 3 is 2.71 bits per heavy atom. The highest BCUT2D eigenvalue weighted by Crippen LogP contribution is 2.01. The summed E-state index contributed by atoms with van der Waals surface area (Å²) >= 11 is 0. The van der Waals surface area contributed by atoms with Crippen molar-refractivity contribution in [2.24, 2.45) is 5.16 Å². The Bertz CT molecular complexity index is 374. The van der Waals surface area contributed by atoms with Crippen molar-refractivity contribution in [1.29, 1.82) is 0 Å². The van der Waals surface area contributed by atoms with Crippen LogP contribution in [0.25, 0.3) is 0 Å². The van der Waals surface area contributed by atoms with Crippen LogP contribution >= 0.6 is 0 Å². The van der Waals surface area contributed by atoms with Gasteiger partial charge in [0.15, 0.2) is 0 Å². The van der Waals surface area contributed by atoms with Gasteiger partial charge < -0.3 is 5.32 Å². The van der Waals surface area contributed by atoms with Gasteiger partial charge in [-0.1, -0.05) is 48.8 Å². The Kier molecular flexibility index (Phi) is 5.79. The lowest BCUT2D eigenvalue weighted by Gasteiger charge is -2.02. The van der Waals surface area contributed by atoms with Crippen LogP contribution < -0.4 is 5.32 Å². The number of unbranched alkanes of at least 4 members (excludes halogenated alkanes) is 1. The Hall–Kier alpha value is -1.84. The molecule has 17 heavy (non-hydrogen) atoms. The number of oxime groups is 1. The van der Waals surface area contributed by atoms with Gasteiger partial charge in [-0.3, -0.25) is 4.84 Å². The minimum absolute atomic E-state index is 0.506. The van der Waals surface area contributed by atoms with Gasteiger partial charge in [-0.15, -0.1) is 0 Å². The SMILES string of the molecule is CCCCNC(=O)O/N=C(\C)c1ccccc1. The molecule has 0 aliphatic heterocycles. The molecule has 0 fully saturated rings. The molecule has 1 aromatic rings. The highest BCUT2D eigenvalue weighted by Gasteiger charge is 2.01. The molecule has 4 heteroatoms. The molecule has 92 valence electrons. The molecule has 1 rings (SSSR count). The fraction of sp³-hybridized carbons (Fsp3) is 0.385. The summed E-state index contributed by atoms with van der Waals surface area (Å²) in [6.45, 7) is 4.48. The maximum Gasteiger partial charge on any atom is 0.433 e. The van der Waals surface area contributed by atoms with Crippen LogP contribution in [0.15, 0.2) is 35.5 Å². The van der Waals surface area contributed by atoms with E-state index in [1.165, 1.54) is 0 Å². The van der Waals surface area contributed by atoms with E-state index < -0.39 is 6.09 Å². The van der Waals surface area contributed by atoms with Crippen molar-refractivity contribution < 1.29 is 9.63 Å². The van der Waals surface area contributed by atoms with E-state index in [0.717, 1.165) is 18.4 Å². The topological polar surface area (TPSA) is 50.7 Å². The standard InChI is InChI=1S/C13H18N2O2/c1-3-4-10-14-13(16)17-15-11(2)12-8-6-5-7-9-12/h5-9H,3-4,10H2,1-2H3,(H,14,16)/b15-11+. The number of carbonyl (C=O) groups is 1. The second-order valence-corrected chi connectivity index (χ2v) is 3.70. The third kappa shape index (κ3) is 5.15. The lowest BCUT2D eigenvalue weighted by atomic mass is 10.1. The Balaban J connectivity index is 2.40. The predicted octanol–water partition coefficient (Wildman–Crippen LogP) is 2.94. The molecule has 4 nitrogen and oxygen atoms in total. The summed E-state index contributed by atoms with van der Waals surface area (Å²) in [6, 6.07) is 9.58. The van der Waals surface area contributed by atoms with Gasteiger partial charge in [0.05, 0.1) is 5.71 Å². The van der Waals surface area contributed by atoms with Crippen molar-refractivity contribution in [3.05, 3.63) is 35.9 Å². The molecule has 0 saturated heterocycles. The van der Waals surface area contributed by atoms with Gasteiger partial charge in [0.1, 0.15) is 0 Å². The fourth-order valence-corrected chi connectivity index (χ4v) is 1.24. The molecule has 1 aromatic carbocycles. The van der Waals surface area contributed by atoms with Crippen LogP contribution in [-0.2, 0) is 4.84 Å². The first-order valence-electron chi connectivity index (χ1n) is 5.79. The van der Waals surface area contributed by atoms with E-state index in [2.05, 4.69) is 17.4 Å². The molecule has 0 radical (unpaired) electrons. The van der Waals surface area contributed by atoms with E-state index in [1.54, 1.807) is 6.92 Å². The van der Waals surface area contributed by atoms with Crippen molar-refractivity contribution in [3.8, 4) is 0 Å². The first kappa shape index (κ1) is 13.2. The molecule has 0 spiro atoms. The molecule has 0 bridgehead atoms. The Morgan fingerprint density at radius 2 is 2.06 bits per heavy atom. The van der Waals surface area contributed by atoms with E-state index in [0.29, 0.717) is 12.3 Å². The maximum atomic E-state index is 11.2. The lowest BCUT2D eigenvalue weighted by Crippen LogP contribution is -2.24. The molecule has 0 saturated carbocycles. The van der Waals surface area contributed by atoms with E-state index in [4.69, 9.17) is 4.84 Å². The van der Waals surface area contributed by atoms with Gasteiger partial charge in [0, 0.05) is 6.54 Å². The van der Waals surface area contributed by atoms with Crippen molar-refractivity contribution in [2.45, 2.75) is 26.7 Å². The van der Waals surface area contributed by atoms with Gasteiger partial charge in [-0.25, -0.2) is 4.79 Å². The van der Waals surface area contributed by atoms with E-state index in [1.807, 2.05) is 30.3 Å². The highest BCUT2D eigenvalue weighted by atomic mass is 16.7. The minimum Gasteiger partial charge on any atom is -0.320 e. The lowest BCUT2D eigenvalue weighted by molar-refractivity contribution is 0.150. The molecular weight excluding hydrogens is 216 g/mol. The highest BCUT2D eigenvalue weighted by molar-refractivity contribution is 5.98. The molecule has 0 aliphatic rings. The van der Waals surface area contributed by atoms with Crippen molar-refractivity contribution in [2.75, 3.05) is 6.54 Å². The summed E-state index contributed by atoms with van der Waals surface area (Å²) in [5.74, 6) is 0. The van der Waals surface area contributed by atoms with Crippen LogP contribution in [0.3, 0.4) is 0 Å². The van der Waals surface area contributed by atoms with Crippen LogP contribution in [-0.4, -0.2) is 18.3 Å². The number of carbonyl (C=O) groups excluding carboxylic acids is 1. The van der Waals surface area contributed by atoms with Gasteiger partial charge in [-0.2, -0.15) is 0 Å². The van der Waals surface area contributed by atoms with Gasteiger partial charge in [0.25, 0.3) is 0 Å². The summed E-state index contributed by atoms with van der Waals surface area (Å²) < 4.78 is 0. The van der Waals surface area contributed by atoms with Crippen LogP contribution in [0.2, 0.25) is 0 Å². The van der Waals surface area contributed by atoms with Crippen LogP contribution in [0, 0.1) is 0 Å². The van der Waals surface area contributed by atoms with Gasteiger partial charge >= 0.3 is 6.09 Å². The first-order chi connectivity index (χ1) is 8.24. The second kappa shape index (κ2) is 7.44. The number of nitrogens with one attached hydrogen (secondary N) is 1. The Morgan fingerprint density at radius 1 is 1.35 bits per heavy atom. The molecule has 0 aromatic heterocycles. The summed E-state index contributed by atoms with van der Waals surface area (Å²) in [6.07, 6.45) is 1.47. The molecule has 0 aliphatic carbocycles. The maximum absolute atomic E-state index is 11.2. The number of hydrogen-bond donors (Lipinski definition) is 1. The zero-order valence-corrected chi connectivity index (χ0v) is 10.3. The second-order valence-electron chi connectivity index (χ2n) is 3.70. The molecule has 0 heterocycles. The predicted molar refractivity (Wildman–Crippen MR) is 68.0 cm³/mol. The van der Waals surface area contributed by atoms with E-state index >= 15 is 0 Å². The van der Waals surface area contributed by atoms with Crippen molar-refractivity contribution >= 4 is 11.8 Å².